The topological polar surface area (TPSA) is 73.9 Å². The number of nitrogens with one attached hydrogen (secondary N) is 1. The molecule has 146 valence electrons. The molecule has 0 bridgehead atoms. The van der Waals surface area contributed by atoms with E-state index in [4.69, 9.17) is 14.2 Å². The Labute approximate surface area is 161 Å². The van der Waals surface area contributed by atoms with Gasteiger partial charge in [0.1, 0.15) is 19.0 Å². The number of carbonyl (C=O) groups is 2. The molecule has 0 aliphatic carbocycles. The lowest BCUT2D eigenvalue weighted by Gasteiger charge is -2.21. The first-order chi connectivity index (χ1) is 13.5. The van der Waals surface area contributed by atoms with Crippen LogP contribution in [0.5, 0.6) is 11.5 Å². The summed E-state index contributed by atoms with van der Waals surface area (Å²) < 4.78 is 29.4. The molecular weight excluding hydrogens is 365 g/mol. The predicted molar refractivity (Wildman–Crippen MR) is 100 cm³/mol. The van der Waals surface area contributed by atoms with E-state index in [2.05, 4.69) is 5.32 Å². The van der Waals surface area contributed by atoms with E-state index in [1.807, 2.05) is 19.1 Å². The molecule has 1 aliphatic heterocycles. The SMILES string of the molecule is C[C@H](NC(=O)COC(=O)/C=C/c1ccccc1F)c1ccc2c(c1)OCCO2. The van der Waals surface area contributed by atoms with E-state index in [-0.39, 0.29) is 11.6 Å². The molecule has 0 saturated heterocycles. The van der Waals surface area contributed by atoms with Crippen molar-refractivity contribution in [2.75, 3.05) is 19.8 Å². The van der Waals surface area contributed by atoms with E-state index in [1.165, 1.54) is 18.2 Å². The van der Waals surface area contributed by atoms with Gasteiger partial charge in [0.05, 0.1) is 6.04 Å². The molecule has 0 unspecified atom stereocenters. The smallest absolute Gasteiger partial charge is 0.331 e. The Morgan fingerprint density at radius 3 is 2.71 bits per heavy atom. The van der Waals surface area contributed by atoms with E-state index >= 15 is 0 Å². The van der Waals surface area contributed by atoms with Crippen LogP contribution in [0.15, 0.2) is 48.5 Å². The molecular formula is C21H20FNO5. The largest absolute Gasteiger partial charge is 0.486 e. The molecule has 1 heterocycles. The van der Waals surface area contributed by atoms with Crippen molar-refractivity contribution in [2.24, 2.45) is 0 Å². The van der Waals surface area contributed by atoms with Gasteiger partial charge in [0.25, 0.3) is 5.91 Å². The molecule has 0 fully saturated rings. The number of ether oxygens (including phenoxy) is 3. The van der Waals surface area contributed by atoms with E-state index in [0.29, 0.717) is 24.7 Å². The molecule has 1 aliphatic rings. The molecule has 7 heteroatoms. The Morgan fingerprint density at radius 1 is 1.18 bits per heavy atom. The van der Waals surface area contributed by atoms with Crippen molar-refractivity contribution in [2.45, 2.75) is 13.0 Å². The van der Waals surface area contributed by atoms with Gasteiger partial charge >= 0.3 is 5.97 Å². The van der Waals surface area contributed by atoms with Crippen LogP contribution in [-0.4, -0.2) is 31.7 Å². The van der Waals surface area contributed by atoms with Gasteiger partial charge < -0.3 is 19.5 Å². The molecule has 6 nitrogen and oxygen atoms in total. The van der Waals surface area contributed by atoms with Gasteiger partial charge in [0.2, 0.25) is 0 Å². The Bertz CT molecular complexity index is 896. The molecule has 1 N–H and O–H groups in total. The van der Waals surface area contributed by atoms with Crippen LogP contribution in [0, 0.1) is 5.82 Å². The zero-order valence-electron chi connectivity index (χ0n) is 15.3. The Kier molecular flexibility index (Phi) is 6.26. The summed E-state index contributed by atoms with van der Waals surface area (Å²) in [5, 5.41) is 2.74. The van der Waals surface area contributed by atoms with Gasteiger partial charge in [0, 0.05) is 11.6 Å². The van der Waals surface area contributed by atoms with Crippen LogP contribution in [0.1, 0.15) is 24.1 Å². The maximum atomic E-state index is 13.5. The summed E-state index contributed by atoms with van der Waals surface area (Å²) in [7, 11) is 0. The van der Waals surface area contributed by atoms with E-state index in [9.17, 15) is 14.0 Å². The molecule has 0 aromatic heterocycles. The molecule has 0 saturated carbocycles. The van der Waals surface area contributed by atoms with Crippen molar-refractivity contribution in [3.8, 4) is 11.5 Å². The number of carbonyl (C=O) groups excluding carboxylic acids is 2. The fourth-order valence-corrected chi connectivity index (χ4v) is 2.65. The molecule has 2 aromatic carbocycles. The molecule has 3 rings (SSSR count). The van der Waals surface area contributed by atoms with Crippen LogP contribution in [0.25, 0.3) is 6.08 Å². The maximum Gasteiger partial charge on any atom is 0.331 e. The highest BCUT2D eigenvalue weighted by Gasteiger charge is 2.16. The summed E-state index contributed by atoms with van der Waals surface area (Å²) in [6.45, 7) is 2.36. The Morgan fingerprint density at radius 2 is 1.93 bits per heavy atom. The zero-order chi connectivity index (χ0) is 19.9. The van der Waals surface area contributed by atoms with Crippen molar-refractivity contribution in [1.82, 2.24) is 5.32 Å². The minimum Gasteiger partial charge on any atom is -0.486 e. The first kappa shape index (κ1) is 19.4. The van der Waals surface area contributed by atoms with Gasteiger partial charge in [-0.2, -0.15) is 0 Å². The molecule has 0 spiro atoms. The third-order valence-corrected chi connectivity index (χ3v) is 4.09. The second-order valence-electron chi connectivity index (χ2n) is 6.15. The van der Waals surface area contributed by atoms with Gasteiger partial charge in [-0.25, -0.2) is 9.18 Å². The molecule has 1 amide bonds. The highest BCUT2D eigenvalue weighted by Crippen LogP contribution is 2.32. The highest BCUT2D eigenvalue weighted by molar-refractivity contribution is 5.89. The lowest BCUT2D eigenvalue weighted by molar-refractivity contribution is -0.144. The van der Waals surface area contributed by atoms with Crippen molar-refractivity contribution in [3.05, 3.63) is 65.5 Å². The van der Waals surface area contributed by atoms with Gasteiger partial charge in [-0.05, 0) is 36.8 Å². The minimum atomic E-state index is -0.731. The summed E-state index contributed by atoms with van der Waals surface area (Å²) in [6, 6.07) is 11.2. The molecule has 1 atom stereocenters. The van der Waals surface area contributed by atoms with E-state index in [0.717, 1.165) is 11.6 Å². The van der Waals surface area contributed by atoms with Crippen molar-refractivity contribution < 1.29 is 28.2 Å². The average Bonchev–Trinajstić information content (AvgIpc) is 2.71. The fraction of sp³-hybridized carbons (Fsp3) is 0.238. The number of hydrogen-bond acceptors (Lipinski definition) is 5. The number of rotatable bonds is 6. The fourth-order valence-electron chi connectivity index (χ4n) is 2.65. The highest BCUT2D eigenvalue weighted by atomic mass is 19.1. The number of benzene rings is 2. The lowest BCUT2D eigenvalue weighted by atomic mass is 10.1. The second kappa shape index (κ2) is 9.03. The minimum absolute atomic E-state index is 0.260. The quantitative estimate of drug-likeness (QED) is 0.611. The summed E-state index contributed by atoms with van der Waals surface area (Å²) in [5.74, 6) is -0.323. The summed E-state index contributed by atoms with van der Waals surface area (Å²) >= 11 is 0. The number of hydrogen-bond donors (Lipinski definition) is 1. The normalized spacial score (nSPS) is 13.8. The standard InChI is InChI=1S/C21H20FNO5/c1-14(16-6-8-18-19(12-16)27-11-10-26-18)23-20(24)13-28-21(25)9-7-15-4-2-3-5-17(15)22/h2-9,12,14H,10-11,13H2,1H3,(H,23,24)/b9-7+/t14-/m0/s1. The third kappa shape index (κ3) is 5.09. The second-order valence-corrected chi connectivity index (χ2v) is 6.15. The van der Waals surface area contributed by atoms with Crippen molar-refractivity contribution in [1.29, 1.82) is 0 Å². The van der Waals surface area contributed by atoms with Gasteiger partial charge in [-0.3, -0.25) is 4.79 Å². The van der Waals surface area contributed by atoms with E-state index in [1.54, 1.807) is 18.2 Å². The zero-order valence-corrected chi connectivity index (χ0v) is 15.3. The van der Waals surface area contributed by atoms with Crippen LogP contribution in [-0.2, 0) is 14.3 Å². The Balaban J connectivity index is 1.48. The number of esters is 1. The third-order valence-electron chi connectivity index (χ3n) is 4.09. The number of fused-ring (bicyclic) bond motifs is 1. The first-order valence-corrected chi connectivity index (χ1v) is 8.81. The van der Waals surface area contributed by atoms with Gasteiger partial charge in [0.15, 0.2) is 18.1 Å². The number of halogens is 1. The van der Waals surface area contributed by atoms with Crippen molar-refractivity contribution in [3.63, 3.8) is 0 Å². The number of amides is 1. The molecule has 0 radical (unpaired) electrons. The van der Waals surface area contributed by atoms with Crippen LogP contribution >= 0.6 is 0 Å². The predicted octanol–water partition coefficient (Wildman–Crippen LogP) is 3.03. The summed E-state index contributed by atoms with van der Waals surface area (Å²) in [5.41, 5.74) is 1.10. The summed E-state index contributed by atoms with van der Waals surface area (Å²) in [6.07, 6.45) is 2.38. The average molecular weight is 385 g/mol. The summed E-state index contributed by atoms with van der Waals surface area (Å²) in [4.78, 5) is 23.7. The van der Waals surface area contributed by atoms with Gasteiger partial charge in [-0.15, -0.1) is 0 Å². The van der Waals surface area contributed by atoms with Crippen LogP contribution in [0.4, 0.5) is 4.39 Å². The monoisotopic (exact) mass is 385 g/mol. The van der Waals surface area contributed by atoms with E-state index < -0.39 is 24.3 Å². The van der Waals surface area contributed by atoms with Crippen LogP contribution in [0.3, 0.4) is 0 Å². The van der Waals surface area contributed by atoms with Crippen molar-refractivity contribution >= 4 is 18.0 Å². The Hall–Kier alpha value is -3.35. The maximum absolute atomic E-state index is 13.5. The first-order valence-electron chi connectivity index (χ1n) is 8.81. The molecule has 28 heavy (non-hydrogen) atoms. The van der Waals surface area contributed by atoms with Crippen LogP contribution in [0.2, 0.25) is 0 Å². The molecule has 2 aromatic rings. The van der Waals surface area contributed by atoms with Crippen LogP contribution < -0.4 is 14.8 Å². The van der Waals surface area contributed by atoms with Gasteiger partial charge in [-0.1, -0.05) is 24.3 Å². The lowest BCUT2D eigenvalue weighted by Crippen LogP contribution is -2.31.